The molecule has 1 saturated heterocycles. The van der Waals surface area contributed by atoms with Gasteiger partial charge in [-0.1, -0.05) is 32.0 Å². The molecule has 1 aliphatic rings. The second-order valence-electron chi connectivity index (χ2n) is 5.25. The summed E-state index contributed by atoms with van der Waals surface area (Å²) in [7, 11) is 0. The van der Waals surface area contributed by atoms with Gasteiger partial charge < -0.3 is 10.2 Å². The van der Waals surface area contributed by atoms with Crippen LogP contribution in [0.1, 0.15) is 27.7 Å². The quantitative estimate of drug-likeness (QED) is 0.834. The molecule has 1 N–H and O–H groups in total. The third-order valence-electron chi connectivity index (χ3n) is 2.81. The molecule has 1 fully saturated rings. The molecule has 2 amide bonds. The summed E-state index contributed by atoms with van der Waals surface area (Å²) in [5.74, 6) is -0.230. The van der Waals surface area contributed by atoms with E-state index >= 15 is 0 Å². The normalized spacial score (nSPS) is 23.9. The molecule has 4 nitrogen and oxygen atoms in total. The zero-order chi connectivity index (χ0) is 13.4. The molecule has 17 heavy (non-hydrogen) atoms. The fourth-order valence-electron chi connectivity index (χ4n) is 2.08. The van der Waals surface area contributed by atoms with E-state index in [1.807, 2.05) is 13.8 Å². The van der Waals surface area contributed by atoms with Crippen LogP contribution in [0.25, 0.3) is 0 Å². The van der Waals surface area contributed by atoms with Crippen LogP contribution in [0.3, 0.4) is 0 Å². The Morgan fingerprint density at radius 1 is 1.53 bits per heavy atom. The van der Waals surface area contributed by atoms with E-state index in [0.29, 0.717) is 5.03 Å². The lowest BCUT2D eigenvalue weighted by atomic mass is 9.91. The fraction of sp³-hybridized carbons (Fsp3) is 0.667. The highest BCUT2D eigenvalue weighted by Gasteiger charge is 2.46. The molecule has 1 heterocycles. The molecule has 5 heteroatoms. The highest BCUT2D eigenvalue weighted by molar-refractivity contribution is 6.29. The van der Waals surface area contributed by atoms with Crippen molar-refractivity contribution in [3.63, 3.8) is 0 Å². The summed E-state index contributed by atoms with van der Waals surface area (Å²) >= 11 is 5.77. The van der Waals surface area contributed by atoms with Gasteiger partial charge in [0.1, 0.15) is 11.6 Å². The minimum Gasteiger partial charge on any atom is -0.340 e. The Morgan fingerprint density at radius 2 is 2.06 bits per heavy atom. The van der Waals surface area contributed by atoms with Gasteiger partial charge in [0.05, 0.1) is 6.54 Å². The van der Waals surface area contributed by atoms with Gasteiger partial charge in [-0.15, -0.1) is 0 Å². The van der Waals surface area contributed by atoms with E-state index in [0.717, 1.165) is 0 Å². The Labute approximate surface area is 107 Å². The van der Waals surface area contributed by atoms with E-state index in [-0.39, 0.29) is 24.3 Å². The van der Waals surface area contributed by atoms with E-state index in [9.17, 15) is 9.59 Å². The molecular formula is C12H19ClN2O2. The number of carbonyl (C=O) groups is 2. The molecule has 0 aromatic carbocycles. The first kappa shape index (κ1) is 14.0. The number of amides is 2. The monoisotopic (exact) mass is 258 g/mol. The van der Waals surface area contributed by atoms with Crippen molar-refractivity contribution >= 4 is 23.4 Å². The molecule has 0 saturated carbocycles. The zero-order valence-corrected chi connectivity index (χ0v) is 11.5. The van der Waals surface area contributed by atoms with Crippen molar-refractivity contribution in [3.05, 3.63) is 11.6 Å². The zero-order valence-electron chi connectivity index (χ0n) is 10.7. The smallest absolute Gasteiger partial charge is 0.248 e. The van der Waals surface area contributed by atoms with Crippen LogP contribution >= 0.6 is 11.6 Å². The standard InChI is InChI=1S/C12H19ClN2O2/c1-7(2)9-10(16)14-12(4,5)11(17)15(9)6-8(3)13/h7,9H,3,6H2,1-2,4-5H3,(H,14,16). The maximum Gasteiger partial charge on any atom is 0.248 e. The second-order valence-corrected chi connectivity index (χ2v) is 5.79. The number of nitrogens with zero attached hydrogens (tertiary/aromatic N) is 1. The van der Waals surface area contributed by atoms with Crippen molar-refractivity contribution in [2.75, 3.05) is 6.54 Å². The van der Waals surface area contributed by atoms with Crippen molar-refractivity contribution in [2.24, 2.45) is 5.92 Å². The van der Waals surface area contributed by atoms with Crippen molar-refractivity contribution in [1.82, 2.24) is 10.2 Å². The number of piperazine rings is 1. The Hall–Kier alpha value is -1.03. The Balaban J connectivity index is 3.08. The lowest BCUT2D eigenvalue weighted by Crippen LogP contribution is -2.69. The summed E-state index contributed by atoms with van der Waals surface area (Å²) < 4.78 is 0. The van der Waals surface area contributed by atoms with E-state index < -0.39 is 11.6 Å². The van der Waals surface area contributed by atoms with Gasteiger partial charge in [-0.2, -0.15) is 0 Å². The third kappa shape index (κ3) is 2.80. The summed E-state index contributed by atoms with van der Waals surface area (Å²) in [5.41, 5.74) is -0.880. The number of halogens is 1. The van der Waals surface area contributed by atoms with Gasteiger partial charge in [0.2, 0.25) is 11.8 Å². The Kier molecular flexibility index (Phi) is 3.87. The molecule has 1 atom stereocenters. The van der Waals surface area contributed by atoms with Crippen LogP contribution in [0, 0.1) is 5.92 Å². The van der Waals surface area contributed by atoms with Crippen LogP contribution in [-0.4, -0.2) is 34.8 Å². The number of nitrogens with one attached hydrogen (secondary N) is 1. The molecule has 0 aliphatic carbocycles. The van der Waals surface area contributed by atoms with E-state index in [2.05, 4.69) is 11.9 Å². The topological polar surface area (TPSA) is 49.4 Å². The summed E-state index contributed by atoms with van der Waals surface area (Å²) in [6.07, 6.45) is 0. The van der Waals surface area contributed by atoms with E-state index in [1.165, 1.54) is 4.90 Å². The lowest BCUT2D eigenvalue weighted by molar-refractivity contribution is -0.154. The molecule has 1 aliphatic heterocycles. The average molecular weight is 259 g/mol. The van der Waals surface area contributed by atoms with Gasteiger partial charge in [0, 0.05) is 5.03 Å². The molecular weight excluding hydrogens is 240 g/mol. The van der Waals surface area contributed by atoms with Crippen LogP contribution in [-0.2, 0) is 9.59 Å². The first-order chi connectivity index (χ1) is 7.66. The average Bonchev–Trinajstić information content (AvgIpc) is 2.11. The molecule has 1 rings (SSSR count). The number of carbonyl (C=O) groups excluding carboxylic acids is 2. The Bertz CT molecular complexity index is 364. The third-order valence-corrected chi connectivity index (χ3v) is 2.93. The van der Waals surface area contributed by atoms with Crippen LogP contribution in [0.2, 0.25) is 0 Å². The fourth-order valence-corrected chi connectivity index (χ4v) is 2.21. The van der Waals surface area contributed by atoms with Gasteiger partial charge in [0.25, 0.3) is 0 Å². The molecule has 1 unspecified atom stereocenters. The molecule has 0 spiro atoms. The van der Waals surface area contributed by atoms with Gasteiger partial charge in [-0.25, -0.2) is 0 Å². The van der Waals surface area contributed by atoms with Gasteiger partial charge in [-0.3, -0.25) is 9.59 Å². The first-order valence-corrected chi connectivity index (χ1v) is 6.01. The summed E-state index contributed by atoms with van der Waals surface area (Å²) in [6.45, 7) is 11.0. The number of rotatable bonds is 3. The minimum atomic E-state index is -0.880. The second kappa shape index (κ2) is 4.69. The minimum absolute atomic E-state index is 0.0334. The highest BCUT2D eigenvalue weighted by atomic mass is 35.5. The molecule has 0 bridgehead atoms. The largest absolute Gasteiger partial charge is 0.340 e. The van der Waals surface area contributed by atoms with Gasteiger partial charge >= 0.3 is 0 Å². The summed E-state index contributed by atoms with van der Waals surface area (Å²) in [4.78, 5) is 25.8. The van der Waals surface area contributed by atoms with Crippen LogP contribution in [0.5, 0.6) is 0 Å². The van der Waals surface area contributed by atoms with Crippen LogP contribution < -0.4 is 5.32 Å². The van der Waals surface area contributed by atoms with Gasteiger partial charge in [-0.05, 0) is 19.8 Å². The molecule has 0 aromatic rings. The molecule has 0 radical (unpaired) electrons. The first-order valence-electron chi connectivity index (χ1n) is 5.63. The van der Waals surface area contributed by atoms with Crippen molar-refractivity contribution in [3.8, 4) is 0 Å². The Morgan fingerprint density at radius 3 is 2.47 bits per heavy atom. The predicted molar refractivity (Wildman–Crippen MR) is 67.6 cm³/mol. The maximum absolute atomic E-state index is 12.3. The van der Waals surface area contributed by atoms with E-state index in [4.69, 9.17) is 11.6 Å². The number of hydrogen-bond donors (Lipinski definition) is 1. The van der Waals surface area contributed by atoms with Crippen LogP contribution in [0.4, 0.5) is 0 Å². The SMILES string of the molecule is C=C(Cl)CN1C(=O)C(C)(C)NC(=O)C1C(C)C. The van der Waals surface area contributed by atoms with Crippen LogP contribution in [0.15, 0.2) is 11.6 Å². The van der Waals surface area contributed by atoms with Gasteiger partial charge in [0.15, 0.2) is 0 Å². The van der Waals surface area contributed by atoms with Crippen molar-refractivity contribution < 1.29 is 9.59 Å². The molecule has 96 valence electrons. The highest BCUT2D eigenvalue weighted by Crippen LogP contribution is 2.23. The van der Waals surface area contributed by atoms with E-state index in [1.54, 1.807) is 13.8 Å². The molecule has 0 aromatic heterocycles. The van der Waals surface area contributed by atoms with Crippen molar-refractivity contribution in [2.45, 2.75) is 39.3 Å². The summed E-state index contributed by atoms with van der Waals surface area (Å²) in [6, 6.07) is -0.481. The van der Waals surface area contributed by atoms with Crippen molar-refractivity contribution in [1.29, 1.82) is 0 Å². The summed E-state index contributed by atoms with van der Waals surface area (Å²) in [5, 5.41) is 3.09. The lowest BCUT2D eigenvalue weighted by Gasteiger charge is -2.44. The maximum atomic E-state index is 12.3. The predicted octanol–water partition coefficient (Wildman–Crippen LogP) is 1.50. The number of hydrogen-bond acceptors (Lipinski definition) is 2.